The molecule has 26 heavy (non-hydrogen) atoms. The Labute approximate surface area is 152 Å². The zero-order chi connectivity index (χ0) is 18.9. The van der Waals surface area contributed by atoms with Crippen LogP contribution < -0.4 is 24.8 Å². The molecule has 0 bridgehead atoms. The Morgan fingerprint density at radius 1 is 1.12 bits per heavy atom. The monoisotopic (exact) mass is 362 g/mol. The van der Waals surface area contributed by atoms with Gasteiger partial charge in [0.15, 0.2) is 0 Å². The van der Waals surface area contributed by atoms with Crippen molar-refractivity contribution >= 4 is 6.03 Å². The fourth-order valence-electron chi connectivity index (χ4n) is 2.39. The number of hydrogen-bond acceptors (Lipinski definition) is 4. The third kappa shape index (κ3) is 5.54. The molecule has 2 aromatic carbocycles. The highest BCUT2D eigenvalue weighted by molar-refractivity contribution is 5.74. The molecule has 0 aliphatic heterocycles. The number of carbonyl (C=O) groups is 1. The van der Waals surface area contributed by atoms with E-state index < -0.39 is 0 Å². The van der Waals surface area contributed by atoms with E-state index in [2.05, 4.69) is 10.6 Å². The number of benzene rings is 2. The molecule has 0 saturated heterocycles. The molecule has 7 heteroatoms. The summed E-state index contributed by atoms with van der Waals surface area (Å²) in [6.07, 6.45) is 0. The number of amides is 2. The van der Waals surface area contributed by atoms with Crippen molar-refractivity contribution in [1.82, 2.24) is 10.6 Å². The molecule has 0 radical (unpaired) electrons. The summed E-state index contributed by atoms with van der Waals surface area (Å²) in [7, 11) is 3.15. The van der Waals surface area contributed by atoms with Crippen molar-refractivity contribution in [3.05, 3.63) is 53.8 Å². The minimum Gasteiger partial charge on any atom is -0.497 e. The fourth-order valence-corrected chi connectivity index (χ4v) is 2.39. The molecular formula is C19H23FN2O4. The van der Waals surface area contributed by atoms with Crippen LogP contribution in [0, 0.1) is 5.82 Å². The van der Waals surface area contributed by atoms with Gasteiger partial charge in [-0.2, -0.15) is 0 Å². The average molecular weight is 362 g/mol. The van der Waals surface area contributed by atoms with Gasteiger partial charge in [-0.25, -0.2) is 9.18 Å². The van der Waals surface area contributed by atoms with Gasteiger partial charge in [0.25, 0.3) is 0 Å². The highest BCUT2D eigenvalue weighted by atomic mass is 19.1. The Hall–Kier alpha value is -2.96. The molecular weight excluding hydrogens is 339 g/mol. The van der Waals surface area contributed by atoms with Crippen LogP contribution in [0.4, 0.5) is 9.18 Å². The number of carbonyl (C=O) groups excluding carboxylic acids is 1. The fraction of sp³-hybridized carbons (Fsp3) is 0.316. The van der Waals surface area contributed by atoms with Crippen LogP contribution >= 0.6 is 0 Å². The van der Waals surface area contributed by atoms with E-state index in [0.717, 1.165) is 5.56 Å². The van der Waals surface area contributed by atoms with Gasteiger partial charge in [-0.05, 0) is 37.3 Å². The Morgan fingerprint density at radius 3 is 2.62 bits per heavy atom. The number of nitrogens with one attached hydrogen (secondary N) is 2. The summed E-state index contributed by atoms with van der Waals surface area (Å²) in [5.74, 6) is 1.39. The van der Waals surface area contributed by atoms with Crippen LogP contribution in [0.15, 0.2) is 42.5 Å². The molecule has 0 saturated carbocycles. The molecule has 0 fully saturated rings. The lowest BCUT2D eigenvalue weighted by Crippen LogP contribution is -2.39. The van der Waals surface area contributed by atoms with E-state index in [-0.39, 0.29) is 31.0 Å². The summed E-state index contributed by atoms with van der Waals surface area (Å²) in [4.78, 5) is 12.0. The van der Waals surface area contributed by atoms with E-state index >= 15 is 0 Å². The number of rotatable bonds is 8. The van der Waals surface area contributed by atoms with Gasteiger partial charge in [0, 0.05) is 11.6 Å². The average Bonchev–Trinajstić information content (AvgIpc) is 2.64. The number of halogens is 1. The maximum absolute atomic E-state index is 13.0. The van der Waals surface area contributed by atoms with Crippen LogP contribution in [0.25, 0.3) is 0 Å². The van der Waals surface area contributed by atoms with Gasteiger partial charge < -0.3 is 24.8 Å². The highest BCUT2D eigenvalue weighted by Crippen LogP contribution is 2.29. The summed E-state index contributed by atoms with van der Waals surface area (Å²) in [6, 6.07) is 10.6. The molecule has 2 amide bonds. The highest BCUT2D eigenvalue weighted by Gasteiger charge is 2.15. The van der Waals surface area contributed by atoms with Crippen molar-refractivity contribution in [3.63, 3.8) is 0 Å². The lowest BCUT2D eigenvalue weighted by Gasteiger charge is -2.18. The van der Waals surface area contributed by atoms with Crippen LogP contribution in [0.1, 0.15) is 18.5 Å². The van der Waals surface area contributed by atoms with E-state index in [4.69, 9.17) is 14.2 Å². The second-order valence-electron chi connectivity index (χ2n) is 5.54. The van der Waals surface area contributed by atoms with Crippen LogP contribution in [0.2, 0.25) is 0 Å². The Morgan fingerprint density at radius 2 is 1.92 bits per heavy atom. The Balaban J connectivity index is 1.82. The van der Waals surface area contributed by atoms with E-state index in [1.807, 2.05) is 13.0 Å². The van der Waals surface area contributed by atoms with E-state index in [1.165, 1.54) is 12.1 Å². The number of ether oxygens (including phenoxy) is 3. The van der Waals surface area contributed by atoms with Crippen molar-refractivity contribution in [2.24, 2.45) is 0 Å². The third-order valence-corrected chi connectivity index (χ3v) is 3.70. The zero-order valence-corrected chi connectivity index (χ0v) is 15.0. The molecule has 0 spiro atoms. The first-order chi connectivity index (χ1) is 12.5. The molecule has 2 rings (SSSR count). The van der Waals surface area contributed by atoms with Crippen LogP contribution in [-0.2, 0) is 0 Å². The number of hydrogen-bond donors (Lipinski definition) is 2. The van der Waals surface area contributed by atoms with Crippen molar-refractivity contribution in [1.29, 1.82) is 0 Å². The molecule has 2 N–H and O–H groups in total. The quantitative estimate of drug-likeness (QED) is 0.707. The van der Waals surface area contributed by atoms with Crippen LogP contribution in [0.5, 0.6) is 17.2 Å². The second-order valence-corrected chi connectivity index (χ2v) is 5.54. The Kier molecular flexibility index (Phi) is 7.08. The molecule has 6 nitrogen and oxygen atoms in total. The topological polar surface area (TPSA) is 68.8 Å². The minimum absolute atomic E-state index is 0.230. The first kappa shape index (κ1) is 19.4. The largest absolute Gasteiger partial charge is 0.497 e. The molecule has 1 atom stereocenters. The van der Waals surface area contributed by atoms with E-state index in [0.29, 0.717) is 17.2 Å². The van der Waals surface area contributed by atoms with Gasteiger partial charge in [-0.15, -0.1) is 0 Å². The lowest BCUT2D eigenvalue weighted by atomic mass is 10.1. The van der Waals surface area contributed by atoms with Crippen LogP contribution in [-0.4, -0.2) is 33.4 Å². The smallest absolute Gasteiger partial charge is 0.315 e. The van der Waals surface area contributed by atoms with E-state index in [9.17, 15) is 9.18 Å². The van der Waals surface area contributed by atoms with Gasteiger partial charge in [0.05, 0.1) is 26.8 Å². The van der Waals surface area contributed by atoms with Gasteiger partial charge in [0.1, 0.15) is 29.7 Å². The van der Waals surface area contributed by atoms with E-state index in [1.54, 1.807) is 38.5 Å². The predicted octanol–water partition coefficient (Wildman–Crippen LogP) is 3.28. The summed E-state index contributed by atoms with van der Waals surface area (Å²) in [6.45, 7) is 2.36. The predicted molar refractivity (Wildman–Crippen MR) is 96.4 cm³/mol. The molecule has 0 aromatic heterocycles. The number of methoxy groups -OCH3 is 2. The van der Waals surface area contributed by atoms with Gasteiger partial charge in [-0.3, -0.25) is 0 Å². The molecule has 0 aliphatic carbocycles. The van der Waals surface area contributed by atoms with Gasteiger partial charge in [0.2, 0.25) is 0 Å². The Bertz CT molecular complexity index is 739. The molecule has 0 heterocycles. The maximum Gasteiger partial charge on any atom is 0.315 e. The summed E-state index contributed by atoms with van der Waals surface area (Å²) < 4.78 is 29.0. The summed E-state index contributed by atoms with van der Waals surface area (Å²) >= 11 is 0. The zero-order valence-electron chi connectivity index (χ0n) is 15.0. The van der Waals surface area contributed by atoms with Gasteiger partial charge >= 0.3 is 6.03 Å². The van der Waals surface area contributed by atoms with Gasteiger partial charge in [-0.1, -0.05) is 6.07 Å². The van der Waals surface area contributed by atoms with Crippen molar-refractivity contribution in [2.75, 3.05) is 27.4 Å². The van der Waals surface area contributed by atoms with Crippen molar-refractivity contribution in [2.45, 2.75) is 13.0 Å². The second kappa shape index (κ2) is 9.50. The minimum atomic E-state index is -0.366. The third-order valence-electron chi connectivity index (χ3n) is 3.70. The molecule has 1 unspecified atom stereocenters. The first-order valence-corrected chi connectivity index (χ1v) is 8.18. The first-order valence-electron chi connectivity index (χ1n) is 8.18. The molecule has 0 aliphatic rings. The maximum atomic E-state index is 13.0. The summed E-state index contributed by atoms with van der Waals surface area (Å²) in [5.41, 5.74) is 0.804. The normalized spacial score (nSPS) is 11.4. The van der Waals surface area contributed by atoms with Crippen molar-refractivity contribution in [3.8, 4) is 17.2 Å². The lowest BCUT2D eigenvalue weighted by molar-refractivity contribution is 0.233. The number of urea groups is 1. The summed E-state index contributed by atoms with van der Waals surface area (Å²) in [5, 5.41) is 5.52. The molecule has 2 aromatic rings. The van der Waals surface area contributed by atoms with Crippen molar-refractivity contribution < 1.29 is 23.4 Å². The standard InChI is InChI=1S/C19H23FN2O4/c1-13(17-12-15(24-2)7-8-18(17)25-3)22-19(23)21-9-10-26-16-6-4-5-14(20)11-16/h4-8,11-13H,9-10H2,1-3H3,(H2,21,22,23). The van der Waals surface area contributed by atoms with Crippen LogP contribution in [0.3, 0.4) is 0 Å². The molecule has 140 valence electrons. The SMILES string of the molecule is COc1ccc(OC)c(C(C)NC(=O)NCCOc2cccc(F)c2)c1.